The maximum Gasteiger partial charge on any atom is 0.320 e. The van der Waals surface area contributed by atoms with Crippen molar-refractivity contribution in [1.29, 1.82) is 0 Å². The third-order valence-corrected chi connectivity index (χ3v) is 9.06. The van der Waals surface area contributed by atoms with Crippen molar-refractivity contribution in [2.45, 2.75) is 80.5 Å². The van der Waals surface area contributed by atoms with Crippen LogP contribution in [0.1, 0.15) is 63.4 Å². The fraction of sp³-hybridized carbons (Fsp3) is 0.731. The first-order valence-electron chi connectivity index (χ1n) is 12.5. The van der Waals surface area contributed by atoms with Gasteiger partial charge in [-0.3, -0.25) is 4.90 Å². The van der Waals surface area contributed by atoms with Crippen LogP contribution >= 0.6 is 0 Å². The number of hydrogen-bond donors (Lipinski definition) is 1. The van der Waals surface area contributed by atoms with Gasteiger partial charge in [0, 0.05) is 31.3 Å². The molecule has 176 valence electrons. The van der Waals surface area contributed by atoms with Crippen molar-refractivity contribution in [3.05, 3.63) is 35.9 Å². The summed E-state index contributed by atoms with van der Waals surface area (Å²) in [6.07, 6.45) is 8.53. The van der Waals surface area contributed by atoms with Gasteiger partial charge in [-0.1, -0.05) is 30.3 Å². The van der Waals surface area contributed by atoms with Crippen LogP contribution in [0.25, 0.3) is 0 Å². The molecule has 2 saturated carbocycles. The fourth-order valence-corrected chi connectivity index (χ4v) is 6.68. The van der Waals surface area contributed by atoms with Gasteiger partial charge in [0.2, 0.25) is 0 Å². The maximum atomic E-state index is 13.8. The lowest BCUT2D eigenvalue weighted by atomic mass is 9.67. The summed E-state index contributed by atoms with van der Waals surface area (Å²) in [6.45, 7) is 2.77. The van der Waals surface area contributed by atoms with Gasteiger partial charge in [-0.25, -0.2) is 4.79 Å². The molecule has 0 unspecified atom stereocenters. The fourth-order valence-electron chi connectivity index (χ4n) is 6.68. The summed E-state index contributed by atoms with van der Waals surface area (Å²) in [5, 5.41) is 11.0. The molecule has 1 aromatic rings. The standard InChI is InChI=1S/C26H39N3O3/c1-27(2)26(21-7-4-3-5-8-21)15-13-24(14-16-26)19-28(22-9-17-32-18-10-22)23(30)29(24)20-25(31)11-6-12-25/h3-5,7-8,22,31H,6,9-20H2,1-2H3/t24-,26+. The van der Waals surface area contributed by atoms with Crippen molar-refractivity contribution in [2.75, 3.05) is 40.4 Å². The van der Waals surface area contributed by atoms with Crippen LogP contribution in [0.5, 0.6) is 0 Å². The highest BCUT2D eigenvalue weighted by molar-refractivity contribution is 5.79. The van der Waals surface area contributed by atoms with E-state index in [0.717, 1.165) is 77.5 Å². The SMILES string of the molecule is CN(C)[C@]1(c2ccccc2)CC[C@]2(CC1)CN(C1CCOCC1)C(=O)N2CC1(O)CCC1. The highest BCUT2D eigenvalue weighted by Crippen LogP contribution is 2.50. The molecule has 1 spiro atoms. The van der Waals surface area contributed by atoms with Crippen LogP contribution in [0.15, 0.2) is 30.3 Å². The number of carbonyl (C=O) groups is 1. The highest BCUT2D eigenvalue weighted by atomic mass is 16.5. The number of benzene rings is 1. The zero-order chi connectivity index (χ0) is 22.4. The molecule has 0 radical (unpaired) electrons. The number of ether oxygens (including phenoxy) is 1. The largest absolute Gasteiger partial charge is 0.388 e. The molecule has 0 aromatic heterocycles. The summed E-state index contributed by atoms with van der Waals surface area (Å²) in [5.74, 6) is 0. The molecule has 1 aromatic carbocycles. The summed E-state index contributed by atoms with van der Waals surface area (Å²) >= 11 is 0. The van der Waals surface area contributed by atoms with Crippen molar-refractivity contribution in [2.24, 2.45) is 0 Å². The predicted molar refractivity (Wildman–Crippen MR) is 124 cm³/mol. The van der Waals surface area contributed by atoms with Gasteiger partial charge in [0.1, 0.15) is 0 Å². The third kappa shape index (κ3) is 3.64. The first kappa shape index (κ1) is 22.2. The highest BCUT2D eigenvalue weighted by Gasteiger charge is 2.57. The Bertz CT molecular complexity index is 809. The van der Waals surface area contributed by atoms with E-state index < -0.39 is 5.60 Å². The molecule has 6 nitrogen and oxygen atoms in total. The van der Waals surface area contributed by atoms with Crippen LogP contribution in [-0.4, -0.2) is 83.4 Å². The Morgan fingerprint density at radius 1 is 1.03 bits per heavy atom. The number of aliphatic hydroxyl groups is 1. The minimum absolute atomic E-state index is 0.000692. The Labute approximate surface area is 192 Å². The summed E-state index contributed by atoms with van der Waals surface area (Å²) in [6, 6.07) is 11.3. The Kier molecular flexibility index (Phi) is 5.75. The smallest absolute Gasteiger partial charge is 0.320 e. The predicted octanol–water partition coefficient (Wildman–Crippen LogP) is 3.59. The number of amides is 2. The molecule has 1 N–H and O–H groups in total. The molecule has 6 heteroatoms. The molecule has 4 fully saturated rings. The average Bonchev–Trinajstić information content (AvgIpc) is 3.06. The lowest BCUT2D eigenvalue weighted by Crippen LogP contribution is -2.59. The molecule has 5 rings (SSSR count). The molecule has 2 saturated heterocycles. The van der Waals surface area contributed by atoms with Crippen LogP contribution in [0.3, 0.4) is 0 Å². The number of carbonyl (C=O) groups excluding carboxylic acids is 1. The minimum Gasteiger partial charge on any atom is -0.388 e. The van der Waals surface area contributed by atoms with E-state index in [1.165, 1.54) is 5.56 Å². The van der Waals surface area contributed by atoms with Crippen LogP contribution in [0.2, 0.25) is 0 Å². The number of β-amino-alcohol motifs (C(OH)–C–C–N with tert-alkyl or cyclic N) is 1. The van der Waals surface area contributed by atoms with Crippen LogP contribution in [0, 0.1) is 0 Å². The normalized spacial score (nSPS) is 33.2. The lowest BCUT2D eigenvalue weighted by molar-refractivity contribution is -0.0725. The van der Waals surface area contributed by atoms with E-state index in [9.17, 15) is 9.90 Å². The number of urea groups is 1. The summed E-state index contributed by atoms with van der Waals surface area (Å²) in [7, 11) is 4.38. The van der Waals surface area contributed by atoms with Crippen LogP contribution < -0.4 is 0 Å². The number of hydrogen-bond acceptors (Lipinski definition) is 4. The number of nitrogens with zero attached hydrogens (tertiary/aromatic N) is 3. The van der Waals surface area contributed by atoms with Gasteiger partial charge in [0.25, 0.3) is 0 Å². The second kappa shape index (κ2) is 8.30. The molecule has 0 bridgehead atoms. The first-order valence-corrected chi connectivity index (χ1v) is 12.5. The van der Waals surface area contributed by atoms with Gasteiger partial charge in [-0.2, -0.15) is 0 Å². The van der Waals surface area contributed by atoms with Crippen molar-refractivity contribution in [1.82, 2.24) is 14.7 Å². The van der Waals surface area contributed by atoms with Gasteiger partial charge < -0.3 is 19.6 Å². The molecule has 2 heterocycles. The van der Waals surface area contributed by atoms with Crippen LogP contribution in [-0.2, 0) is 10.3 Å². The number of rotatable bonds is 5. The second-order valence-corrected chi connectivity index (χ2v) is 10.9. The zero-order valence-electron chi connectivity index (χ0n) is 19.8. The van der Waals surface area contributed by atoms with Gasteiger partial charge in [0.15, 0.2) is 0 Å². The van der Waals surface area contributed by atoms with E-state index in [1.54, 1.807) is 0 Å². The second-order valence-electron chi connectivity index (χ2n) is 10.9. The zero-order valence-corrected chi connectivity index (χ0v) is 19.8. The molecule has 2 aliphatic heterocycles. The first-order chi connectivity index (χ1) is 15.4. The molecule has 0 atom stereocenters. The Balaban J connectivity index is 1.42. The lowest BCUT2D eigenvalue weighted by Gasteiger charge is -2.52. The Morgan fingerprint density at radius 2 is 1.69 bits per heavy atom. The van der Waals surface area contributed by atoms with Gasteiger partial charge in [-0.05, 0) is 77.4 Å². The third-order valence-electron chi connectivity index (χ3n) is 9.06. The van der Waals surface area contributed by atoms with E-state index in [1.807, 2.05) is 0 Å². The quantitative estimate of drug-likeness (QED) is 0.759. The molecule has 2 aliphatic carbocycles. The topological polar surface area (TPSA) is 56.2 Å². The van der Waals surface area contributed by atoms with E-state index >= 15 is 0 Å². The van der Waals surface area contributed by atoms with Gasteiger partial charge in [-0.15, -0.1) is 0 Å². The summed E-state index contributed by atoms with van der Waals surface area (Å²) in [4.78, 5) is 20.4. The molecule has 4 aliphatic rings. The molecule has 32 heavy (non-hydrogen) atoms. The molecular formula is C26H39N3O3. The van der Waals surface area contributed by atoms with Gasteiger partial charge in [0.05, 0.1) is 17.7 Å². The minimum atomic E-state index is -0.691. The van der Waals surface area contributed by atoms with Crippen LogP contribution in [0.4, 0.5) is 4.79 Å². The Hall–Kier alpha value is -1.63. The van der Waals surface area contributed by atoms with E-state index in [-0.39, 0.29) is 23.2 Å². The van der Waals surface area contributed by atoms with Gasteiger partial charge >= 0.3 is 6.03 Å². The average molecular weight is 442 g/mol. The molecular weight excluding hydrogens is 402 g/mol. The van der Waals surface area contributed by atoms with Crippen molar-refractivity contribution >= 4 is 6.03 Å². The van der Waals surface area contributed by atoms with E-state index in [2.05, 4.69) is 59.1 Å². The van der Waals surface area contributed by atoms with Crippen molar-refractivity contribution in [3.8, 4) is 0 Å². The maximum absolute atomic E-state index is 13.8. The summed E-state index contributed by atoms with van der Waals surface area (Å²) in [5.41, 5.74) is 0.508. The van der Waals surface area contributed by atoms with E-state index in [4.69, 9.17) is 4.74 Å². The molecule has 2 amide bonds. The summed E-state index contributed by atoms with van der Waals surface area (Å²) < 4.78 is 5.57. The van der Waals surface area contributed by atoms with Crippen molar-refractivity contribution in [3.63, 3.8) is 0 Å². The van der Waals surface area contributed by atoms with Crippen molar-refractivity contribution < 1.29 is 14.6 Å². The Morgan fingerprint density at radius 3 is 2.25 bits per heavy atom. The monoisotopic (exact) mass is 441 g/mol. The van der Waals surface area contributed by atoms with E-state index in [0.29, 0.717) is 6.54 Å².